The zero-order valence-corrected chi connectivity index (χ0v) is 13.9. The standard InChI is InChI=1S/C20H23N3O/c24-20(23-11-5-1-2-6-12-23)10-9-15-13-17-16-7-3-4-8-18(16)22-19(17)14-21-15/h3-4,7-8,13-14,22H,1-2,5-6,9-12H2. The van der Waals surface area contributed by atoms with Gasteiger partial charge in [-0.15, -0.1) is 0 Å². The molecule has 3 aromatic rings. The lowest BCUT2D eigenvalue weighted by atomic mass is 10.1. The van der Waals surface area contributed by atoms with Crippen LogP contribution in [0.1, 0.15) is 37.8 Å². The minimum atomic E-state index is 0.276. The number of aryl methyl sites for hydroxylation is 1. The lowest BCUT2D eigenvalue weighted by Crippen LogP contribution is -2.31. The Morgan fingerprint density at radius 3 is 2.67 bits per heavy atom. The van der Waals surface area contributed by atoms with Crippen molar-refractivity contribution < 1.29 is 4.79 Å². The molecule has 1 N–H and O–H groups in total. The molecule has 124 valence electrons. The minimum Gasteiger partial charge on any atom is -0.353 e. The first-order chi connectivity index (χ1) is 11.8. The maximum atomic E-state index is 12.4. The number of hydrogen-bond acceptors (Lipinski definition) is 2. The Morgan fingerprint density at radius 1 is 1.04 bits per heavy atom. The van der Waals surface area contributed by atoms with Gasteiger partial charge in [0.15, 0.2) is 0 Å². The predicted octanol–water partition coefficient (Wildman–Crippen LogP) is 4.05. The molecule has 2 aromatic heterocycles. The van der Waals surface area contributed by atoms with Crippen molar-refractivity contribution in [3.05, 3.63) is 42.2 Å². The molecule has 0 atom stereocenters. The predicted molar refractivity (Wildman–Crippen MR) is 97.0 cm³/mol. The second-order valence-corrected chi connectivity index (χ2v) is 6.69. The van der Waals surface area contributed by atoms with Gasteiger partial charge >= 0.3 is 0 Å². The fourth-order valence-electron chi connectivity index (χ4n) is 3.64. The first kappa shape index (κ1) is 15.2. The van der Waals surface area contributed by atoms with Gasteiger partial charge in [0.25, 0.3) is 0 Å². The number of nitrogens with zero attached hydrogens (tertiary/aromatic N) is 2. The van der Waals surface area contributed by atoms with Crippen LogP contribution in [-0.4, -0.2) is 33.9 Å². The van der Waals surface area contributed by atoms with Gasteiger partial charge in [0.2, 0.25) is 5.91 Å². The molecule has 4 nitrogen and oxygen atoms in total. The van der Waals surface area contributed by atoms with E-state index in [1.165, 1.54) is 23.6 Å². The molecule has 1 saturated heterocycles. The SMILES string of the molecule is O=C(CCc1cc2c(cn1)[nH]c1ccccc12)N1CCCCCC1. The minimum absolute atomic E-state index is 0.276. The molecule has 4 rings (SSSR count). The van der Waals surface area contributed by atoms with Crippen molar-refractivity contribution >= 4 is 27.7 Å². The average Bonchev–Trinajstić information content (AvgIpc) is 2.79. The van der Waals surface area contributed by atoms with E-state index in [4.69, 9.17) is 0 Å². The van der Waals surface area contributed by atoms with Crippen LogP contribution in [0.2, 0.25) is 0 Å². The fourth-order valence-corrected chi connectivity index (χ4v) is 3.64. The topological polar surface area (TPSA) is 49.0 Å². The summed E-state index contributed by atoms with van der Waals surface area (Å²) in [7, 11) is 0. The van der Waals surface area contributed by atoms with Crippen LogP contribution in [0.15, 0.2) is 36.5 Å². The number of H-pyrrole nitrogens is 1. The molecule has 0 unspecified atom stereocenters. The Hall–Kier alpha value is -2.36. The lowest BCUT2D eigenvalue weighted by molar-refractivity contribution is -0.131. The number of likely N-dealkylation sites (tertiary alicyclic amines) is 1. The molecule has 1 aliphatic rings. The Morgan fingerprint density at radius 2 is 1.83 bits per heavy atom. The maximum absolute atomic E-state index is 12.4. The molecular formula is C20H23N3O. The lowest BCUT2D eigenvalue weighted by Gasteiger charge is -2.20. The highest BCUT2D eigenvalue weighted by molar-refractivity contribution is 6.06. The van der Waals surface area contributed by atoms with E-state index in [-0.39, 0.29) is 5.91 Å². The van der Waals surface area contributed by atoms with Crippen LogP contribution in [0.5, 0.6) is 0 Å². The van der Waals surface area contributed by atoms with E-state index in [0.717, 1.165) is 42.7 Å². The van der Waals surface area contributed by atoms with E-state index in [2.05, 4.69) is 34.2 Å². The van der Waals surface area contributed by atoms with Crippen molar-refractivity contribution in [2.45, 2.75) is 38.5 Å². The van der Waals surface area contributed by atoms with Gasteiger partial charge in [0.05, 0.1) is 11.7 Å². The second kappa shape index (κ2) is 6.63. The summed E-state index contributed by atoms with van der Waals surface area (Å²) >= 11 is 0. The molecule has 0 spiro atoms. The molecule has 1 aliphatic heterocycles. The Kier molecular flexibility index (Phi) is 4.20. The third kappa shape index (κ3) is 3.01. The van der Waals surface area contributed by atoms with E-state index in [0.29, 0.717) is 12.8 Å². The highest BCUT2D eigenvalue weighted by Crippen LogP contribution is 2.25. The highest BCUT2D eigenvalue weighted by atomic mass is 16.2. The van der Waals surface area contributed by atoms with Crippen LogP contribution in [0.3, 0.4) is 0 Å². The van der Waals surface area contributed by atoms with Crippen molar-refractivity contribution in [2.24, 2.45) is 0 Å². The number of aromatic amines is 1. The summed E-state index contributed by atoms with van der Waals surface area (Å²) in [5, 5.41) is 2.41. The number of amides is 1. The molecule has 0 bridgehead atoms. The molecule has 1 aromatic carbocycles. The summed E-state index contributed by atoms with van der Waals surface area (Å²) in [5.41, 5.74) is 3.18. The van der Waals surface area contributed by atoms with Gasteiger partial charge in [0, 0.05) is 41.5 Å². The van der Waals surface area contributed by atoms with E-state index in [1.54, 1.807) is 0 Å². The number of rotatable bonds is 3. The second-order valence-electron chi connectivity index (χ2n) is 6.69. The molecule has 1 amide bonds. The van der Waals surface area contributed by atoms with Gasteiger partial charge in [-0.05, 0) is 31.4 Å². The molecule has 0 radical (unpaired) electrons. The Labute approximate surface area is 141 Å². The summed E-state index contributed by atoms with van der Waals surface area (Å²) in [6, 6.07) is 10.4. The number of fused-ring (bicyclic) bond motifs is 3. The Bertz CT molecular complexity index is 860. The summed E-state index contributed by atoms with van der Waals surface area (Å²) in [6.45, 7) is 1.85. The molecule has 4 heteroatoms. The van der Waals surface area contributed by atoms with Crippen molar-refractivity contribution in [3.8, 4) is 0 Å². The maximum Gasteiger partial charge on any atom is 0.222 e. The monoisotopic (exact) mass is 321 g/mol. The van der Waals surface area contributed by atoms with Crippen molar-refractivity contribution in [3.63, 3.8) is 0 Å². The number of hydrogen-bond donors (Lipinski definition) is 1. The van der Waals surface area contributed by atoms with Crippen molar-refractivity contribution in [1.82, 2.24) is 14.9 Å². The van der Waals surface area contributed by atoms with E-state index in [9.17, 15) is 4.79 Å². The van der Waals surface area contributed by atoms with Gasteiger partial charge in [-0.25, -0.2) is 0 Å². The summed E-state index contributed by atoms with van der Waals surface area (Å²) in [6.07, 6.45) is 7.95. The third-order valence-corrected chi connectivity index (χ3v) is 5.00. The molecule has 24 heavy (non-hydrogen) atoms. The van der Waals surface area contributed by atoms with Gasteiger partial charge in [0.1, 0.15) is 0 Å². The van der Waals surface area contributed by atoms with Crippen LogP contribution in [0.4, 0.5) is 0 Å². The van der Waals surface area contributed by atoms with Crippen LogP contribution < -0.4 is 0 Å². The molecule has 0 aliphatic carbocycles. The molecular weight excluding hydrogens is 298 g/mol. The van der Waals surface area contributed by atoms with E-state index < -0.39 is 0 Å². The molecule has 1 fully saturated rings. The van der Waals surface area contributed by atoms with Crippen LogP contribution >= 0.6 is 0 Å². The molecule has 3 heterocycles. The van der Waals surface area contributed by atoms with Crippen molar-refractivity contribution in [2.75, 3.05) is 13.1 Å². The van der Waals surface area contributed by atoms with Crippen LogP contribution in [0, 0.1) is 0 Å². The van der Waals surface area contributed by atoms with Gasteiger partial charge in [-0.2, -0.15) is 0 Å². The number of benzene rings is 1. The number of aromatic nitrogens is 2. The van der Waals surface area contributed by atoms with Crippen LogP contribution in [-0.2, 0) is 11.2 Å². The molecule has 0 saturated carbocycles. The van der Waals surface area contributed by atoms with E-state index >= 15 is 0 Å². The third-order valence-electron chi connectivity index (χ3n) is 5.00. The largest absolute Gasteiger partial charge is 0.353 e. The van der Waals surface area contributed by atoms with Crippen molar-refractivity contribution in [1.29, 1.82) is 0 Å². The fraction of sp³-hybridized carbons (Fsp3) is 0.400. The number of carbonyl (C=O) groups is 1. The Balaban J connectivity index is 1.50. The first-order valence-corrected chi connectivity index (χ1v) is 8.94. The van der Waals surface area contributed by atoms with Crippen LogP contribution in [0.25, 0.3) is 21.8 Å². The highest BCUT2D eigenvalue weighted by Gasteiger charge is 2.15. The number of nitrogens with one attached hydrogen (secondary N) is 1. The van der Waals surface area contributed by atoms with E-state index in [1.807, 2.05) is 17.2 Å². The van der Waals surface area contributed by atoms with Gasteiger partial charge in [-0.1, -0.05) is 31.0 Å². The first-order valence-electron chi connectivity index (χ1n) is 8.94. The smallest absolute Gasteiger partial charge is 0.222 e. The number of pyridine rings is 1. The quantitative estimate of drug-likeness (QED) is 0.791. The average molecular weight is 321 g/mol. The zero-order valence-electron chi connectivity index (χ0n) is 13.9. The number of carbonyl (C=O) groups excluding carboxylic acids is 1. The summed E-state index contributed by atoms with van der Waals surface area (Å²) in [4.78, 5) is 22.4. The van der Waals surface area contributed by atoms with Gasteiger partial charge < -0.3 is 9.88 Å². The van der Waals surface area contributed by atoms with Gasteiger partial charge in [-0.3, -0.25) is 9.78 Å². The number of para-hydroxylation sites is 1. The summed E-state index contributed by atoms with van der Waals surface area (Å²) in [5.74, 6) is 0.276. The zero-order chi connectivity index (χ0) is 16.4. The normalized spacial score (nSPS) is 15.8. The summed E-state index contributed by atoms with van der Waals surface area (Å²) < 4.78 is 0.